The van der Waals surface area contributed by atoms with E-state index < -0.39 is 34.5 Å². The molecule has 13 heterocycles. The van der Waals surface area contributed by atoms with Crippen molar-refractivity contribution in [2.45, 2.75) is 79.7 Å². The average molecular weight is 1430 g/mol. The van der Waals surface area contributed by atoms with Gasteiger partial charge >= 0.3 is 70.4 Å². The monoisotopic (exact) mass is 1430 g/mol. The van der Waals surface area contributed by atoms with Crippen molar-refractivity contribution in [2.75, 3.05) is 13.2 Å². The standard InChI is InChI=1S/C21H23FN4OSi.C16H20ClN3OSi.C15H9FN4.C5H3BrFN.C5H3FN.3CH3.Sn/c1-28(2,3)11-10-27-14-26-20-8-9-23-13-17(20)16-5-7-19(25-21(16)26)18-6-4-15(22)12-24-18;1-22(2,3)9-8-21-11-20-14-6-7-18-10-13(14)12-4-5-15(17)19-16(12)20;16-9-1-3-13(18-7-9)14-4-2-10-11-8-17-6-5-12(11)19-15(10)20-14;6-5-2-1-4(7)3-8-5;6-5-2-1-3-7-4-5;;;;/h4-9,12-13H,10-11,14H2,1-3H3;4-7,10H,8-9,11H2,1-3H3;1-8H,(H,19,20);1-3H;1-2,4H;3*1H3;. The van der Waals surface area contributed by atoms with Gasteiger partial charge in [0.25, 0.3) is 0 Å². The van der Waals surface area contributed by atoms with Crippen molar-refractivity contribution in [3.8, 4) is 22.8 Å². The van der Waals surface area contributed by atoms with Crippen LogP contribution in [0.4, 0.5) is 17.6 Å². The molecule has 458 valence electrons. The fourth-order valence-electron chi connectivity index (χ4n) is 9.06. The van der Waals surface area contributed by atoms with E-state index in [1.807, 2.05) is 79.3 Å². The van der Waals surface area contributed by atoms with Crippen molar-refractivity contribution >= 4 is 132 Å². The molecule has 0 saturated heterocycles. The molecule has 0 spiro atoms. The third-order valence-corrected chi connectivity index (χ3v) is 23.2. The summed E-state index contributed by atoms with van der Waals surface area (Å²) < 4.78 is 68.4. The number of ether oxygens (including phenoxy) is 2. The number of nitrogens with one attached hydrogen (secondary N) is 1. The van der Waals surface area contributed by atoms with Gasteiger partial charge < -0.3 is 23.6 Å². The van der Waals surface area contributed by atoms with E-state index >= 15 is 0 Å². The predicted octanol–water partition coefficient (Wildman–Crippen LogP) is 16.7. The molecule has 89 heavy (non-hydrogen) atoms. The summed E-state index contributed by atoms with van der Waals surface area (Å²) in [6.07, 6.45) is 15.7. The van der Waals surface area contributed by atoms with E-state index in [-0.39, 0.29) is 23.3 Å². The van der Waals surface area contributed by atoms with Gasteiger partial charge in [-0.05, 0) is 119 Å². The van der Waals surface area contributed by atoms with Gasteiger partial charge in [0.05, 0.1) is 57.9 Å². The summed E-state index contributed by atoms with van der Waals surface area (Å²) in [6, 6.07) is 32.0. The second-order valence-corrected chi connectivity index (χ2v) is 50.9. The second kappa shape index (κ2) is 29.5. The molecule has 13 aromatic heterocycles. The minimum atomic E-state index is -2.02. The molecule has 13 aromatic rings. The van der Waals surface area contributed by atoms with Crippen LogP contribution in [-0.4, -0.2) is 112 Å². The molecule has 1 N–H and O–H groups in total. The van der Waals surface area contributed by atoms with Crippen LogP contribution in [-0.2, 0) is 22.9 Å². The molecule has 0 aliphatic rings. The predicted molar refractivity (Wildman–Crippen MR) is 360 cm³/mol. The van der Waals surface area contributed by atoms with E-state index in [0.29, 0.717) is 46.0 Å². The molecule has 0 unspecified atom stereocenters. The first-order chi connectivity index (χ1) is 42.5. The van der Waals surface area contributed by atoms with Crippen LogP contribution in [0.5, 0.6) is 0 Å². The first kappa shape index (κ1) is 66.0. The zero-order valence-corrected chi connectivity index (χ0v) is 58.0. The SMILES string of the molecule is C[Si](C)(C)CCOCn1c2ccncc2c2ccc(-c3ccc(F)cn3)nc21.C[Si](C)(C)CCOCn1c2ccncc2c2ccc(Cl)nc21.Fc1ccc(-c2ccc3c(n2)[nH]c2ccncc23)nc1.Fc1ccc(Br)nc1.[CH3][Sn]([CH3])([CH3])[c]1ccc(F)cn1. The fraction of sp³-hybridized carbons (Fsp3) is 0.231. The van der Waals surface area contributed by atoms with Crippen molar-refractivity contribution in [1.82, 2.24) is 64.0 Å². The number of hydrogen-bond donors (Lipinski definition) is 1. The summed E-state index contributed by atoms with van der Waals surface area (Å²) in [4.78, 5) is 52.4. The van der Waals surface area contributed by atoms with Gasteiger partial charge in [0.2, 0.25) is 0 Å². The van der Waals surface area contributed by atoms with Crippen LogP contribution in [0.3, 0.4) is 0 Å². The van der Waals surface area contributed by atoms with Gasteiger partial charge in [-0.25, -0.2) is 33.1 Å². The van der Waals surface area contributed by atoms with E-state index in [0.717, 1.165) is 101 Å². The zero-order valence-electron chi connectivity index (χ0n) is 50.8. The number of fused-ring (bicyclic) bond motifs is 9. The summed E-state index contributed by atoms with van der Waals surface area (Å²) in [5.74, 6) is -1.27. The quantitative estimate of drug-likeness (QED) is 0.0502. The van der Waals surface area contributed by atoms with Crippen molar-refractivity contribution in [1.29, 1.82) is 0 Å². The summed E-state index contributed by atoms with van der Waals surface area (Å²) in [5, 5.41) is 6.73. The van der Waals surface area contributed by atoms with E-state index in [4.69, 9.17) is 26.1 Å². The molecule has 0 saturated carbocycles. The molecule has 24 heteroatoms. The first-order valence-electron chi connectivity index (χ1n) is 28.6. The van der Waals surface area contributed by atoms with Gasteiger partial charge in [0.15, 0.2) is 0 Å². The van der Waals surface area contributed by atoms with Crippen LogP contribution >= 0.6 is 27.5 Å². The number of aromatic nitrogens is 13. The third kappa shape index (κ3) is 17.9. The van der Waals surface area contributed by atoms with Crippen molar-refractivity contribution < 1.29 is 27.0 Å². The molecule has 0 atom stereocenters. The number of H-pyrrole nitrogens is 1. The molecule has 0 bridgehead atoms. The Hall–Kier alpha value is -7.46. The Balaban J connectivity index is 0.000000140. The number of halogens is 6. The molecular weight excluding hydrogens is 1360 g/mol. The van der Waals surface area contributed by atoms with Crippen LogP contribution < -0.4 is 3.71 Å². The van der Waals surface area contributed by atoms with E-state index in [1.165, 1.54) is 42.9 Å². The Morgan fingerprint density at radius 1 is 0.472 bits per heavy atom. The van der Waals surface area contributed by atoms with Crippen LogP contribution in [0, 0.1) is 23.3 Å². The Labute approximate surface area is 532 Å². The van der Waals surface area contributed by atoms with E-state index in [2.05, 4.69) is 129 Å². The Morgan fingerprint density at radius 3 is 1.39 bits per heavy atom. The van der Waals surface area contributed by atoms with Crippen LogP contribution in [0.2, 0.25) is 71.3 Å². The molecule has 0 aliphatic carbocycles. The van der Waals surface area contributed by atoms with Crippen molar-refractivity contribution in [2.24, 2.45) is 0 Å². The first-order valence-corrected chi connectivity index (χ1v) is 47.2. The Kier molecular flexibility index (Phi) is 21.8. The van der Waals surface area contributed by atoms with Gasteiger partial charge in [0.1, 0.15) is 57.6 Å². The van der Waals surface area contributed by atoms with Gasteiger partial charge in [-0.15, -0.1) is 0 Å². The topological polar surface area (TPSA) is 173 Å². The van der Waals surface area contributed by atoms with Crippen molar-refractivity contribution in [3.05, 3.63) is 198 Å². The van der Waals surface area contributed by atoms with Gasteiger partial charge in [-0.3, -0.25) is 24.9 Å². The third-order valence-electron chi connectivity index (χ3n) is 13.8. The minimum absolute atomic E-state index is 0.246. The molecule has 0 aliphatic heterocycles. The molecule has 0 radical (unpaired) electrons. The van der Waals surface area contributed by atoms with Gasteiger partial charge in [-0.1, -0.05) is 50.9 Å². The summed E-state index contributed by atoms with van der Waals surface area (Å²) in [6.45, 7) is 16.5. The Morgan fingerprint density at radius 2 is 0.921 bits per heavy atom. The van der Waals surface area contributed by atoms with E-state index in [9.17, 15) is 17.6 Å². The van der Waals surface area contributed by atoms with E-state index in [1.54, 1.807) is 36.8 Å². The van der Waals surface area contributed by atoms with Gasteiger partial charge in [0, 0.05) is 98.9 Å². The van der Waals surface area contributed by atoms with Crippen molar-refractivity contribution in [3.63, 3.8) is 0 Å². The fourth-order valence-corrected chi connectivity index (χ4v) is 13.9. The van der Waals surface area contributed by atoms with Crippen LogP contribution in [0.15, 0.2) is 170 Å². The molecule has 13 rings (SSSR count). The summed E-state index contributed by atoms with van der Waals surface area (Å²) in [7, 11) is -2.22. The van der Waals surface area contributed by atoms with Crippen LogP contribution in [0.1, 0.15) is 0 Å². The summed E-state index contributed by atoms with van der Waals surface area (Å²) in [5.41, 5.74) is 8.24. The Bertz CT molecular complexity index is 4470. The molecular formula is C65H67BrClF4N13O2Si2Sn. The molecule has 0 aromatic carbocycles. The molecule has 15 nitrogen and oxygen atoms in total. The van der Waals surface area contributed by atoms with Crippen LogP contribution in [0.25, 0.3) is 88.6 Å². The normalized spacial score (nSPS) is 11.7. The number of pyridine rings is 10. The maximum atomic E-state index is 13.2. The number of nitrogens with zero attached hydrogens (tertiary/aromatic N) is 12. The number of hydrogen-bond acceptors (Lipinski definition) is 12. The number of rotatable bonds is 13. The summed E-state index contributed by atoms with van der Waals surface area (Å²) >= 11 is 7.11. The van der Waals surface area contributed by atoms with Gasteiger partial charge in [-0.2, -0.15) is 0 Å². The molecule has 0 fully saturated rings. The second-order valence-electron chi connectivity index (χ2n) is 24.2. The maximum absolute atomic E-state index is 13.2. The average Bonchev–Trinajstić information content (AvgIpc) is 1.85. The molecule has 0 amide bonds. The number of aromatic amines is 1. The zero-order chi connectivity index (χ0) is 63.5.